The van der Waals surface area contributed by atoms with Crippen molar-refractivity contribution in [1.82, 2.24) is 4.57 Å². The van der Waals surface area contributed by atoms with Gasteiger partial charge in [0.25, 0.3) is 0 Å². The number of nitrogens with zero attached hydrogens (tertiary/aromatic N) is 1. The van der Waals surface area contributed by atoms with Crippen LogP contribution in [0.4, 0.5) is 8.78 Å². The lowest BCUT2D eigenvalue weighted by molar-refractivity contribution is 0.143. The molecule has 1 aromatic heterocycles. The average Bonchev–Trinajstić information content (AvgIpc) is 3.06. The van der Waals surface area contributed by atoms with Gasteiger partial charge in [-0.25, -0.2) is 8.78 Å². The minimum atomic E-state index is -0.397. The Morgan fingerprint density at radius 2 is 1.62 bits per heavy atom. The lowest BCUT2D eigenvalue weighted by Gasteiger charge is -2.27. The monoisotopic (exact) mass is 547 g/mol. The standard InChI is InChI=1S/C26H24F2INO2/c1-26(2,16-31-3)25-24(29)23-21(30(25)20-11-9-18(27)10-12-20)13-19(28)14-22(23)32-15-17-7-5-4-6-8-17/h4-14H,15-16H2,1-3H3. The first-order valence-corrected chi connectivity index (χ1v) is 11.4. The van der Waals surface area contributed by atoms with E-state index in [0.29, 0.717) is 24.5 Å². The van der Waals surface area contributed by atoms with E-state index in [-0.39, 0.29) is 5.82 Å². The number of hydrogen-bond acceptors (Lipinski definition) is 2. The molecule has 166 valence electrons. The van der Waals surface area contributed by atoms with Crippen LogP contribution in [0.3, 0.4) is 0 Å². The van der Waals surface area contributed by atoms with Gasteiger partial charge in [-0.1, -0.05) is 44.2 Å². The fourth-order valence-electron chi connectivity index (χ4n) is 4.04. The fraction of sp³-hybridized carbons (Fsp3) is 0.231. The van der Waals surface area contributed by atoms with Crippen LogP contribution in [-0.4, -0.2) is 18.3 Å². The molecule has 32 heavy (non-hydrogen) atoms. The first kappa shape index (κ1) is 22.7. The molecule has 0 fully saturated rings. The van der Waals surface area contributed by atoms with Crippen molar-refractivity contribution in [3.05, 3.63) is 93.2 Å². The topological polar surface area (TPSA) is 23.4 Å². The minimum Gasteiger partial charge on any atom is -0.488 e. The third-order valence-electron chi connectivity index (χ3n) is 5.41. The van der Waals surface area contributed by atoms with E-state index in [1.165, 1.54) is 24.3 Å². The Kier molecular flexibility index (Phi) is 6.53. The highest BCUT2D eigenvalue weighted by Gasteiger charge is 2.32. The van der Waals surface area contributed by atoms with Gasteiger partial charge in [0.15, 0.2) is 0 Å². The Hall–Kier alpha value is -2.45. The zero-order valence-electron chi connectivity index (χ0n) is 18.2. The summed E-state index contributed by atoms with van der Waals surface area (Å²) >= 11 is 2.30. The summed E-state index contributed by atoms with van der Waals surface area (Å²) in [7, 11) is 1.66. The van der Waals surface area contributed by atoms with Crippen molar-refractivity contribution in [2.75, 3.05) is 13.7 Å². The van der Waals surface area contributed by atoms with Gasteiger partial charge in [0, 0.05) is 33.5 Å². The molecule has 0 aliphatic carbocycles. The normalized spacial score (nSPS) is 11.8. The molecule has 3 nitrogen and oxygen atoms in total. The van der Waals surface area contributed by atoms with E-state index in [1.54, 1.807) is 19.2 Å². The van der Waals surface area contributed by atoms with Crippen molar-refractivity contribution in [2.45, 2.75) is 25.9 Å². The van der Waals surface area contributed by atoms with Gasteiger partial charge in [0.05, 0.1) is 17.5 Å². The second-order valence-electron chi connectivity index (χ2n) is 8.36. The highest BCUT2D eigenvalue weighted by molar-refractivity contribution is 14.1. The molecule has 0 spiro atoms. The highest BCUT2D eigenvalue weighted by atomic mass is 127. The van der Waals surface area contributed by atoms with Crippen LogP contribution in [0.15, 0.2) is 66.7 Å². The van der Waals surface area contributed by atoms with Crippen LogP contribution in [0.1, 0.15) is 25.1 Å². The van der Waals surface area contributed by atoms with E-state index in [9.17, 15) is 8.78 Å². The number of rotatable bonds is 7. The molecular weight excluding hydrogens is 523 g/mol. The minimum absolute atomic E-state index is 0.323. The SMILES string of the molecule is COCC(C)(C)c1c(I)c2c(OCc3ccccc3)cc(F)cc2n1-c1ccc(F)cc1. The second kappa shape index (κ2) is 9.19. The fourth-order valence-corrected chi connectivity index (χ4v) is 5.55. The van der Waals surface area contributed by atoms with E-state index in [1.807, 2.05) is 34.9 Å². The Labute approximate surface area is 200 Å². The summed E-state index contributed by atoms with van der Waals surface area (Å²) in [6.07, 6.45) is 0. The number of benzene rings is 3. The molecule has 4 rings (SSSR count). The zero-order valence-corrected chi connectivity index (χ0v) is 20.3. The van der Waals surface area contributed by atoms with E-state index in [2.05, 4.69) is 36.4 Å². The number of aromatic nitrogens is 1. The lowest BCUT2D eigenvalue weighted by atomic mass is 9.90. The Bertz CT molecular complexity index is 1230. The Morgan fingerprint density at radius 3 is 2.28 bits per heavy atom. The number of fused-ring (bicyclic) bond motifs is 1. The summed E-state index contributed by atoms with van der Waals surface area (Å²) < 4.78 is 43.0. The predicted molar refractivity (Wildman–Crippen MR) is 132 cm³/mol. The summed E-state index contributed by atoms with van der Waals surface area (Å²) in [6.45, 7) is 4.94. The van der Waals surface area contributed by atoms with Crippen molar-refractivity contribution in [1.29, 1.82) is 0 Å². The van der Waals surface area contributed by atoms with Crippen LogP contribution in [0.25, 0.3) is 16.6 Å². The highest BCUT2D eigenvalue weighted by Crippen LogP contribution is 2.42. The number of hydrogen-bond donors (Lipinski definition) is 0. The molecule has 0 saturated carbocycles. The van der Waals surface area contributed by atoms with Crippen molar-refractivity contribution in [2.24, 2.45) is 0 Å². The third kappa shape index (κ3) is 4.38. The quantitative estimate of drug-likeness (QED) is 0.232. The van der Waals surface area contributed by atoms with Crippen LogP contribution in [0, 0.1) is 15.2 Å². The smallest absolute Gasteiger partial charge is 0.133 e. The molecular formula is C26H24F2INO2. The predicted octanol–water partition coefficient (Wildman–Crippen LogP) is 7.02. The maximum Gasteiger partial charge on any atom is 0.133 e. The first-order chi connectivity index (χ1) is 15.3. The number of ether oxygens (including phenoxy) is 2. The average molecular weight is 547 g/mol. The van der Waals surface area contributed by atoms with Gasteiger partial charge < -0.3 is 14.0 Å². The van der Waals surface area contributed by atoms with E-state index >= 15 is 0 Å². The van der Waals surface area contributed by atoms with Crippen LogP contribution >= 0.6 is 22.6 Å². The van der Waals surface area contributed by atoms with Crippen LogP contribution in [-0.2, 0) is 16.8 Å². The molecule has 0 unspecified atom stereocenters. The van der Waals surface area contributed by atoms with E-state index in [4.69, 9.17) is 9.47 Å². The van der Waals surface area contributed by atoms with Gasteiger partial charge in [-0.05, 0) is 58.5 Å². The Morgan fingerprint density at radius 1 is 0.938 bits per heavy atom. The number of methoxy groups -OCH3 is 1. The van der Waals surface area contributed by atoms with Gasteiger partial charge in [0.2, 0.25) is 0 Å². The summed E-state index contributed by atoms with van der Waals surface area (Å²) in [4.78, 5) is 0. The molecule has 0 atom stereocenters. The summed E-state index contributed by atoms with van der Waals surface area (Å²) in [6, 6.07) is 18.9. The van der Waals surface area contributed by atoms with Crippen molar-refractivity contribution in [3.63, 3.8) is 0 Å². The molecule has 0 aliphatic heterocycles. The molecule has 0 amide bonds. The molecule has 0 N–H and O–H groups in total. The molecule has 0 saturated heterocycles. The van der Waals surface area contributed by atoms with Crippen LogP contribution in [0.2, 0.25) is 0 Å². The number of halogens is 3. The van der Waals surface area contributed by atoms with E-state index in [0.717, 1.165) is 25.9 Å². The van der Waals surface area contributed by atoms with Gasteiger partial charge in [-0.2, -0.15) is 0 Å². The maximum absolute atomic E-state index is 14.8. The summed E-state index contributed by atoms with van der Waals surface area (Å²) in [5.74, 6) is -0.242. The lowest BCUT2D eigenvalue weighted by Crippen LogP contribution is -2.27. The molecule has 1 heterocycles. The molecule has 3 aromatic carbocycles. The summed E-state index contributed by atoms with van der Waals surface area (Å²) in [5.41, 5.74) is 2.97. The molecule has 0 radical (unpaired) electrons. The van der Waals surface area contributed by atoms with Gasteiger partial charge in [-0.3, -0.25) is 0 Å². The molecule has 0 bridgehead atoms. The first-order valence-electron chi connectivity index (χ1n) is 10.3. The molecule has 0 aliphatic rings. The summed E-state index contributed by atoms with van der Waals surface area (Å²) in [5, 5.41) is 0.825. The van der Waals surface area contributed by atoms with Gasteiger partial charge in [0.1, 0.15) is 24.0 Å². The second-order valence-corrected chi connectivity index (χ2v) is 9.44. The molecule has 4 aromatic rings. The third-order valence-corrected chi connectivity index (χ3v) is 6.46. The maximum atomic E-state index is 14.8. The van der Waals surface area contributed by atoms with Gasteiger partial charge >= 0.3 is 0 Å². The Balaban J connectivity index is 1.95. The van der Waals surface area contributed by atoms with Crippen molar-refractivity contribution >= 4 is 33.5 Å². The van der Waals surface area contributed by atoms with Crippen molar-refractivity contribution in [3.8, 4) is 11.4 Å². The largest absolute Gasteiger partial charge is 0.488 e. The zero-order chi connectivity index (χ0) is 22.9. The van der Waals surface area contributed by atoms with Crippen LogP contribution in [0.5, 0.6) is 5.75 Å². The van der Waals surface area contributed by atoms with Crippen LogP contribution < -0.4 is 4.74 Å². The van der Waals surface area contributed by atoms with E-state index < -0.39 is 11.2 Å². The van der Waals surface area contributed by atoms with Crippen molar-refractivity contribution < 1.29 is 18.3 Å². The molecule has 6 heteroatoms. The van der Waals surface area contributed by atoms with Gasteiger partial charge in [-0.15, -0.1) is 0 Å².